The number of aromatic nitrogens is 1. The van der Waals surface area contributed by atoms with Crippen molar-refractivity contribution in [1.82, 2.24) is 4.98 Å². The average Bonchev–Trinajstić information content (AvgIpc) is 2.14. The summed E-state index contributed by atoms with van der Waals surface area (Å²) in [6, 6.07) is 1.73. The molecule has 1 unspecified atom stereocenters. The number of pyridine rings is 1. The van der Waals surface area contributed by atoms with Gasteiger partial charge in [0, 0.05) is 10.7 Å². The van der Waals surface area contributed by atoms with E-state index in [1.54, 1.807) is 12.3 Å². The molecule has 1 heterocycles. The Morgan fingerprint density at radius 2 is 2.31 bits per heavy atom. The minimum Gasteiger partial charge on any atom is -0.489 e. The van der Waals surface area contributed by atoms with Crippen molar-refractivity contribution in [1.29, 1.82) is 0 Å². The number of rotatable bonds is 4. The number of nitrogens with zero attached hydrogens (tertiary/aromatic N) is 1. The predicted molar refractivity (Wildman–Crippen MR) is 50.5 cm³/mol. The van der Waals surface area contributed by atoms with Crippen LogP contribution in [0.3, 0.4) is 0 Å². The van der Waals surface area contributed by atoms with Crippen LogP contribution in [-0.2, 0) is 0 Å². The van der Waals surface area contributed by atoms with Gasteiger partial charge in [-0.15, -0.1) is 0 Å². The van der Waals surface area contributed by atoms with Gasteiger partial charge in [-0.25, -0.2) is 0 Å². The lowest BCUT2D eigenvalue weighted by atomic mass is 10.4. The molecule has 0 bridgehead atoms. The van der Waals surface area contributed by atoms with Crippen molar-refractivity contribution in [3.63, 3.8) is 0 Å². The minimum absolute atomic E-state index is 0.0641. The van der Waals surface area contributed by atoms with E-state index in [0.717, 1.165) is 4.47 Å². The zero-order valence-electron chi connectivity index (χ0n) is 6.85. The highest BCUT2D eigenvalue weighted by molar-refractivity contribution is 9.10. The fourth-order valence-corrected chi connectivity index (χ4v) is 1.06. The van der Waals surface area contributed by atoms with Crippen molar-refractivity contribution in [2.75, 3.05) is 13.2 Å². The molecule has 0 spiro atoms. The first kappa shape index (κ1) is 10.4. The molecule has 1 aromatic heterocycles. The van der Waals surface area contributed by atoms with Crippen LogP contribution >= 0.6 is 15.9 Å². The van der Waals surface area contributed by atoms with Gasteiger partial charge in [0.1, 0.15) is 18.5 Å². The van der Waals surface area contributed by atoms with Gasteiger partial charge in [0.05, 0.1) is 12.8 Å². The molecule has 0 radical (unpaired) electrons. The molecule has 0 aliphatic carbocycles. The van der Waals surface area contributed by atoms with Crippen molar-refractivity contribution < 1.29 is 14.9 Å². The van der Waals surface area contributed by atoms with E-state index in [1.807, 2.05) is 0 Å². The second-order valence-electron chi connectivity index (χ2n) is 2.49. The molecule has 0 saturated carbocycles. The van der Waals surface area contributed by atoms with E-state index in [-0.39, 0.29) is 13.2 Å². The summed E-state index contributed by atoms with van der Waals surface area (Å²) in [6.07, 6.45) is 2.32. The van der Waals surface area contributed by atoms with E-state index in [0.29, 0.717) is 5.75 Å². The van der Waals surface area contributed by atoms with Gasteiger partial charge in [-0.1, -0.05) is 0 Å². The molecule has 0 saturated heterocycles. The van der Waals surface area contributed by atoms with Gasteiger partial charge in [-0.3, -0.25) is 4.98 Å². The van der Waals surface area contributed by atoms with E-state index in [9.17, 15) is 0 Å². The fraction of sp³-hybridized carbons (Fsp3) is 0.375. The first-order valence-electron chi connectivity index (χ1n) is 3.74. The number of hydrogen-bond acceptors (Lipinski definition) is 4. The van der Waals surface area contributed by atoms with E-state index in [2.05, 4.69) is 20.9 Å². The molecular formula is C8H10BrNO3. The van der Waals surface area contributed by atoms with Crippen LogP contribution in [0.25, 0.3) is 0 Å². The van der Waals surface area contributed by atoms with Gasteiger partial charge in [0.25, 0.3) is 0 Å². The highest BCUT2D eigenvalue weighted by atomic mass is 79.9. The second kappa shape index (κ2) is 5.16. The van der Waals surface area contributed by atoms with E-state index in [1.165, 1.54) is 6.20 Å². The zero-order valence-corrected chi connectivity index (χ0v) is 8.44. The van der Waals surface area contributed by atoms with Crippen LogP contribution < -0.4 is 4.74 Å². The molecular weight excluding hydrogens is 238 g/mol. The normalized spacial score (nSPS) is 12.5. The number of ether oxygens (including phenoxy) is 1. The fourth-order valence-electron chi connectivity index (χ4n) is 0.716. The molecule has 72 valence electrons. The zero-order chi connectivity index (χ0) is 9.68. The summed E-state index contributed by atoms with van der Waals surface area (Å²) in [4.78, 5) is 3.87. The van der Waals surface area contributed by atoms with Gasteiger partial charge in [0.15, 0.2) is 0 Å². The third-order valence-corrected chi connectivity index (χ3v) is 1.77. The summed E-state index contributed by atoms with van der Waals surface area (Å²) in [7, 11) is 0. The Labute approximate surface area is 84.3 Å². The number of aliphatic hydroxyl groups is 2. The average molecular weight is 248 g/mol. The minimum atomic E-state index is -0.848. The van der Waals surface area contributed by atoms with E-state index >= 15 is 0 Å². The Morgan fingerprint density at radius 1 is 1.54 bits per heavy atom. The molecule has 1 rings (SSSR count). The lowest BCUT2D eigenvalue weighted by molar-refractivity contribution is 0.0535. The first-order chi connectivity index (χ1) is 6.22. The van der Waals surface area contributed by atoms with Crippen LogP contribution in [0, 0.1) is 0 Å². The lowest BCUT2D eigenvalue weighted by Crippen LogP contribution is -2.21. The van der Waals surface area contributed by atoms with Gasteiger partial charge in [0.2, 0.25) is 0 Å². The Morgan fingerprint density at radius 3 is 2.92 bits per heavy atom. The van der Waals surface area contributed by atoms with Crippen LogP contribution in [0.15, 0.2) is 22.9 Å². The quantitative estimate of drug-likeness (QED) is 0.817. The molecule has 4 nitrogen and oxygen atoms in total. The maximum Gasteiger partial charge on any atom is 0.138 e. The Bertz CT molecular complexity index is 269. The van der Waals surface area contributed by atoms with Crippen molar-refractivity contribution in [2.24, 2.45) is 0 Å². The van der Waals surface area contributed by atoms with Crippen molar-refractivity contribution in [3.8, 4) is 5.75 Å². The second-order valence-corrected chi connectivity index (χ2v) is 3.40. The molecule has 13 heavy (non-hydrogen) atoms. The maximum absolute atomic E-state index is 8.98. The van der Waals surface area contributed by atoms with Gasteiger partial charge in [-0.05, 0) is 22.0 Å². The van der Waals surface area contributed by atoms with Crippen molar-refractivity contribution in [3.05, 3.63) is 22.9 Å². The van der Waals surface area contributed by atoms with Gasteiger partial charge < -0.3 is 14.9 Å². The molecule has 0 aliphatic heterocycles. The lowest BCUT2D eigenvalue weighted by Gasteiger charge is -2.09. The van der Waals surface area contributed by atoms with Crippen LogP contribution in [-0.4, -0.2) is 34.5 Å². The standard InChI is InChI=1S/C8H10BrNO3/c9-6-1-8(3-10-2-6)13-5-7(12)4-11/h1-3,7,11-12H,4-5H2. The summed E-state index contributed by atoms with van der Waals surface area (Å²) in [5.74, 6) is 0.557. The van der Waals surface area contributed by atoms with Crippen molar-refractivity contribution >= 4 is 15.9 Å². The van der Waals surface area contributed by atoms with E-state index in [4.69, 9.17) is 14.9 Å². The predicted octanol–water partition coefficient (Wildman–Crippen LogP) is 0.576. The van der Waals surface area contributed by atoms with Gasteiger partial charge >= 0.3 is 0 Å². The highest BCUT2D eigenvalue weighted by Crippen LogP contribution is 2.15. The summed E-state index contributed by atoms with van der Waals surface area (Å²) in [6.45, 7) is -0.240. The van der Waals surface area contributed by atoms with Crippen LogP contribution in [0.5, 0.6) is 5.75 Å². The summed E-state index contributed by atoms with van der Waals surface area (Å²) in [5.41, 5.74) is 0. The monoisotopic (exact) mass is 247 g/mol. The van der Waals surface area contributed by atoms with Crippen molar-refractivity contribution in [2.45, 2.75) is 6.10 Å². The van der Waals surface area contributed by atoms with Crippen LogP contribution in [0.4, 0.5) is 0 Å². The summed E-state index contributed by atoms with van der Waals surface area (Å²) < 4.78 is 5.95. The Kier molecular flexibility index (Phi) is 4.14. The molecule has 0 amide bonds. The molecule has 1 atom stereocenters. The maximum atomic E-state index is 8.98. The van der Waals surface area contributed by atoms with Crippen LogP contribution in [0.2, 0.25) is 0 Å². The Hall–Kier alpha value is -0.650. The number of hydrogen-bond donors (Lipinski definition) is 2. The number of halogens is 1. The smallest absolute Gasteiger partial charge is 0.138 e. The van der Waals surface area contributed by atoms with Gasteiger partial charge in [-0.2, -0.15) is 0 Å². The first-order valence-corrected chi connectivity index (χ1v) is 4.54. The number of aliphatic hydroxyl groups excluding tert-OH is 2. The Balaban J connectivity index is 2.45. The van der Waals surface area contributed by atoms with E-state index < -0.39 is 6.10 Å². The molecule has 0 aliphatic rings. The summed E-state index contributed by atoms with van der Waals surface area (Å²) in [5, 5.41) is 17.5. The van der Waals surface area contributed by atoms with Crippen LogP contribution in [0.1, 0.15) is 0 Å². The third-order valence-electron chi connectivity index (χ3n) is 1.33. The third kappa shape index (κ3) is 3.71. The molecule has 0 fully saturated rings. The largest absolute Gasteiger partial charge is 0.489 e. The highest BCUT2D eigenvalue weighted by Gasteiger charge is 2.02. The topological polar surface area (TPSA) is 62.6 Å². The molecule has 1 aromatic rings. The summed E-state index contributed by atoms with van der Waals surface area (Å²) >= 11 is 3.23. The molecule has 5 heteroatoms. The molecule has 2 N–H and O–H groups in total. The molecule has 0 aromatic carbocycles. The SMILES string of the molecule is OCC(O)COc1cncc(Br)c1.